The Bertz CT molecular complexity index is 576. The molecule has 2 unspecified atom stereocenters. The van der Waals surface area contributed by atoms with Gasteiger partial charge in [-0.3, -0.25) is 4.79 Å². The summed E-state index contributed by atoms with van der Waals surface area (Å²) in [6.45, 7) is 7.72. The summed E-state index contributed by atoms with van der Waals surface area (Å²) in [5.74, 6) is 2.19. The first kappa shape index (κ1) is 16.1. The molecule has 1 aromatic heterocycles. The molecule has 4 rings (SSSR count). The van der Waals surface area contributed by atoms with Crippen molar-refractivity contribution < 1.29 is 4.79 Å². The van der Waals surface area contributed by atoms with Crippen molar-refractivity contribution in [2.75, 3.05) is 19.6 Å². The van der Waals surface area contributed by atoms with E-state index in [0.717, 1.165) is 30.9 Å². The van der Waals surface area contributed by atoms with Gasteiger partial charge in [0, 0.05) is 36.0 Å². The van der Waals surface area contributed by atoms with E-state index < -0.39 is 0 Å². The van der Waals surface area contributed by atoms with E-state index in [1.165, 1.54) is 49.3 Å². The Morgan fingerprint density at radius 1 is 1.27 bits per heavy atom. The lowest BCUT2D eigenvalue weighted by Gasteiger charge is -2.40. The Morgan fingerprint density at radius 2 is 2.05 bits per heavy atom. The number of hydrogen-bond donors (Lipinski definition) is 1. The standard InChI is InChI=1S/C18H26N2O.ClH/c1-3-14-11(2)19-16-8-13-6-7-20(9-12-4-5-12)10-15(13)18(21)17(14)16;/h12-13,15,19H,3-10H2,1-2H3;1H. The zero-order valence-corrected chi connectivity index (χ0v) is 14.5. The van der Waals surface area contributed by atoms with E-state index in [-0.39, 0.29) is 18.3 Å². The van der Waals surface area contributed by atoms with Crippen LogP contribution >= 0.6 is 12.4 Å². The molecule has 2 aliphatic carbocycles. The van der Waals surface area contributed by atoms with Crippen LogP contribution in [0.15, 0.2) is 0 Å². The number of fused-ring (bicyclic) bond motifs is 2. The lowest BCUT2D eigenvalue weighted by Crippen LogP contribution is -2.47. The first-order chi connectivity index (χ1) is 10.2. The predicted molar refractivity (Wildman–Crippen MR) is 91.0 cm³/mol. The van der Waals surface area contributed by atoms with E-state index in [9.17, 15) is 4.79 Å². The summed E-state index contributed by atoms with van der Waals surface area (Å²) in [6.07, 6.45) is 6.05. The summed E-state index contributed by atoms with van der Waals surface area (Å²) in [6, 6.07) is 0. The highest BCUT2D eigenvalue weighted by molar-refractivity contribution is 6.02. The number of carbonyl (C=O) groups excluding carboxylic acids is 1. The van der Waals surface area contributed by atoms with Crippen molar-refractivity contribution in [2.45, 2.75) is 46.0 Å². The predicted octanol–water partition coefficient (Wildman–Crippen LogP) is 3.39. The number of ketones is 1. The van der Waals surface area contributed by atoms with Crippen molar-refractivity contribution in [3.63, 3.8) is 0 Å². The normalized spacial score (nSPS) is 28.0. The molecule has 0 radical (unpaired) electrons. The third-order valence-corrected chi connectivity index (χ3v) is 5.85. The van der Waals surface area contributed by atoms with Crippen LogP contribution in [0.2, 0.25) is 0 Å². The number of H-pyrrole nitrogens is 1. The van der Waals surface area contributed by atoms with Crippen molar-refractivity contribution >= 4 is 18.2 Å². The number of hydrogen-bond acceptors (Lipinski definition) is 2. The number of nitrogens with zero attached hydrogens (tertiary/aromatic N) is 1. The SMILES string of the molecule is CCc1c(C)[nH]c2c1C(=O)C1CN(CC3CC3)CCC1C2.Cl. The quantitative estimate of drug-likeness (QED) is 0.926. The third-order valence-electron chi connectivity index (χ3n) is 5.85. The molecule has 1 aliphatic heterocycles. The molecule has 22 heavy (non-hydrogen) atoms. The Kier molecular flexibility index (Phi) is 4.39. The Labute approximate surface area is 139 Å². The molecule has 3 nitrogen and oxygen atoms in total. The number of carbonyl (C=O) groups is 1. The smallest absolute Gasteiger partial charge is 0.169 e. The number of aromatic amines is 1. The van der Waals surface area contributed by atoms with E-state index in [1.54, 1.807) is 0 Å². The van der Waals surface area contributed by atoms with Crippen LogP contribution < -0.4 is 0 Å². The fourth-order valence-corrected chi connectivity index (χ4v) is 4.51. The maximum Gasteiger partial charge on any atom is 0.169 e. The number of rotatable bonds is 3. The van der Waals surface area contributed by atoms with Gasteiger partial charge in [-0.05, 0) is 63.0 Å². The first-order valence-corrected chi connectivity index (χ1v) is 8.64. The lowest BCUT2D eigenvalue weighted by molar-refractivity contribution is 0.0651. The zero-order chi connectivity index (χ0) is 14.6. The van der Waals surface area contributed by atoms with Gasteiger partial charge in [-0.2, -0.15) is 0 Å². The Morgan fingerprint density at radius 3 is 2.73 bits per heavy atom. The van der Waals surface area contributed by atoms with Gasteiger partial charge in [0.2, 0.25) is 0 Å². The van der Waals surface area contributed by atoms with E-state index in [0.29, 0.717) is 11.7 Å². The molecule has 1 N–H and O–H groups in total. The van der Waals surface area contributed by atoms with Crippen LogP contribution in [-0.2, 0) is 12.8 Å². The van der Waals surface area contributed by atoms with Crippen molar-refractivity contribution in [2.24, 2.45) is 17.8 Å². The molecular formula is C18H27ClN2O. The largest absolute Gasteiger partial charge is 0.362 e. The summed E-state index contributed by atoms with van der Waals surface area (Å²) in [5, 5.41) is 0. The van der Waals surface area contributed by atoms with Gasteiger partial charge in [0.05, 0.1) is 0 Å². The number of Topliss-reactive ketones (excluding diaryl/α,β-unsaturated/α-hetero) is 1. The fraction of sp³-hybridized carbons (Fsp3) is 0.722. The molecule has 1 saturated carbocycles. The average Bonchev–Trinajstić information content (AvgIpc) is 3.21. The fourth-order valence-electron chi connectivity index (χ4n) is 4.51. The van der Waals surface area contributed by atoms with E-state index in [2.05, 4.69) is 23.7 Å². The molecule has 1 saturated heterocycles. The van der Waals surface area contributed by atoms with Gasteiger partial charge in [0.1, 0.15) is 0 Å². The van der Waals surface area contributed by atoms with Gasteiger partial charge in [-0.25, -0.2) is 0 Å². The average molecular weight is 323 g/mol. The number of aromatic nitrogens is 1. The molecule has 2 heterocycles. The van der Waals surface area contributed by atoms with Crippen molar-refractivity contribution in [3.05, 3.63) is 22.5 Å². The topological polar surface area (TPSA) is 36.1 Å². The van der Waals surface area contributed by atoms with Crippen LogP contribution in [-0.4, -0.2) is 35.3 Å². The maximum absolute atomic E-state index is 13.0. The van der Waals surface area contributed by atoms with Gasteiger partial charge in [-0.1, -0.05) is 6.92 Å². The van der Waals surface area contributed by atoms with Gasteiger partial charge >= 0.3 is 0 Å². The number of piperidine rings is 1. The second-order valence-electron chi connectivity index (χ2n) is 7.36. The molecule has 0 bridgehead atoms. The van der Waals surface area contributed by atoms with Crippen molar-refractivity contribution in [1.82, 2.24) is 9.88 Å². The molecule has 2 fully saturated rings. The van der Waals surface area contributed by atoms with E-state index >= 15 is 0 Å². The summed E-state index contributed by atoms with van der Waals surface area (Å²) in [7, 11) is 0. The number of nitrogens with one attached hydrogen (secondary N) is 1. The Hall–Kier alpha value is -0.800. The summed E-state index contributed by atoms with van der Waals surface area (Å²) in [5.41, 5.74) is 4.77. The molecular weight excluding hydrogens is 296 g/mol. The first-order valence-electron chi connectivity index (χ1n) is 8.64. The van der Waals surface area contributed by atoms with Gasteiger partial charge < -0.3 is 9.88 Å². The lowest BCUT2D eigenvalue weighted by atomic mass is 9.72. The minimum absolute atomic E-state index is 0. The highest BCUT2D eigenvalue weighted by Gasteiger charge is 2.42. The van der Waals surface area contributed by atoms with Crippen LogP contribution in [0.3, 0.4) is 0 Å². The summed E-state index contributed by atoms with van der Waals surface area (Å²) < 4.78 is 0. The van der Waals surface area contributed by atoms with Crippen LogP contribution in [0.5, 0.6) is 0 Å². The van der Waals surface area contributed by atoms with Gasteiger partial charge in [0.15, 0.2) is 5.78 Å². The molecule has 0 spiro atoms. The summed E-state index contributed by atoms with van der Waals surface area (Å²) >= 11 is 0. The van der Waals surface area contributed by atoms with Crippen LogP contribution in [0.4, 0.5) is 0 Å². The number of aryl methyl sites for hydroxylation is 1. The second-order valence-corrected chi connectivity index (χ2v) is 7.36. The molecule has 2 atom stereocenters. The molecule has 122 valence electrons. The molecule has 3 aliphatic rings. The van der Waals surface area contributed by atoms with E-state index in [1.807, 2.05) is 0 Å². The number of likely N-dealkylation sites (tertiary alicyclic amines) is 1. The van der Waals surface area contributed by atoms with Crippen LogP contribution in [0.25, 0.3) is 0 Å². The minimum Gasteiger partial charge on any atom is -0.362 e. The molecule has 1 aromatic rings. The molecule has 0 amide bonds. The van der Waals surface area contributed by atoms with Crippen molar-refractivity contribution in [3.8, 4) is 0 Å². The van der Waals surface area contributed by atoms with Crippen LogP contribution in [0.1, 0.15) is 53.5 Å². The molecule has 4 heteroatoms. The van der Waals surface area contributed by atoms with Crippen LogP contribution in [0, 0.1) is 24.7 Å². The van der Waals surface area contributed by atoms with Gasteiger partial charge in [0.25, 0.3) is 0 Å². The van der Waals surface area contributed by atoms with Crippen molar-refractivity contribution in [1.29, 1.82) is 0 Å². The zero-order valence-electron chi connectivity index (χ0n) is 13.7. The minimum atomic E-state index is 0. The third kappa shape index (κ3) is 2.63. The monoisotopic (exact) mass is 322 g/mol. The highest BCUT2D eigenvalue weighted by Crippen LogP contribution is 2.39. The second kappa shape index (κ2) is 6.01. The summed E-state index contributed by atoms with van der Waals surface area (Å²) in [4.78, 5) is 19.1. The van der Waals surface area contributed by atoms with Gasteiger partial charge in [-0.15, -0.1) is 12.4 Å². The Balaban J connectivity index is 0.00000144. The van der Waals surface area contributed by atoms with E-state index in [4.69, 9.17) is 0 Å². The molecule has 0 aromatic carbocycles. The highest BCUT2D eigenvalue weighted by atomic mass is 35.5. The maximum atomic E-state index is 13.0. The number of halogens is 1.